The molecule has 20 heavy (non-hydrogen) atoms. The SMILES string of the molecule is O=C(O)C1(CNS(=O)(=O)c2cccc(Cl)c2)CCCC1. The van der Waals surface area contributed by atoms with Gasteiger partial charge in [0.25, 0.3) is 0 Å². The number of rotatable bonds is 5. The maximum absolute atomic E-state index is 12.1. The fourth-order valence-corrected chi connectivity index (χ4v) is 3.90. The zero-order valence-corrected chi connectivity index (χ0v) is 12.4. The lowest BCUT2D eigenvalue weighted by Crippen LogP contribution is -2.41. The third kappa shape index (κ3) is 3.13. The largest absolute Gasteiger partial charge is 0.481 e. The summed E-state index contributed by atoms with van der Waals surface area (Å²) in [6, 6.07) is 5.89. The molecular formula is C13H16ClNO4S. The van der Waals surface area contributed by atoms with Crippen molar-refractivity contribution in [2.45, 2.75) is 30.6 Å². The molecule has 1 fully saturated rings. The summed E-state index contributed by atoms with van der Waals surface area (Å²) in [6.45, 7) is -0.0861. The van der Waals surface area contributed by atoms with E-state index in [-0.39, 0.29) is 11.4 Å². The molecule has 1 aliphatic rings. The Kier molecular flexibility index (Phi) is 4.36. The highest BCUT2D eigenvalue weighted by atomic mass is 35.5. The van der Waals surface area contributed by atoms with Crippen molar-refractivity contribution in [2.24, 2.45) is 5.41 Å². The Hall–Kier alpha value is -1.11. The van der Waals surface area contributed by atoms with Gasteiger partial charge in [-0.25, -0.2) is 13.1 Å². The van der Waals surface area contributed by atoms with Crippen LogP contribution < -0.4 is 4.72 Å². The Labute approximate surface area is 123 Å². The molecule has 0 unspecified atom stereocenters. The fraction of sp³-hybridized carbons (Fsp3) is 0.462. The van der Waals surface area contributed by atoms with Gasteiger partial charge < -0.3 is 5.11 Å². The van der Waals surface area contributed by atoms with Gasteiger partial charge in [0.05, 0.1) is 10.3 Å². The molecule has 1 saturated carbocycles. The summed E-state index contributed by atoms with van der Waals surface area (Å²) in [5.41, 5.74) is -0.981. The van der Waals surface area contributed by atoms with E-state index < -0.39 is 21.4 Å². The van der Waals surface area contributed by atoms with Crippen LogP contribution in [0.3, 0.4) is 0 Å². The lowest BCUT2D eigenvalue weighted by molar-refractivity contribution is -0.148. The molecule has 1 aromatic rings. The molecule has 0 aromatic heterocycles. The predicted molar refractivity (Wildman–Crippen MR) is 75.2 cm³/mol. The molecule has 0 aliphatic heterocycles. The number of nitrogens with one attached hydrogen (secondary N) is 1. The van der Waals surface area contributed by atoms with E-state index in [0.29, 0.717) is 17.9 Å². The zero-order valence-electron chi connectivity index (χ0n) is 10.8. The Bertz CT molecular complexity index is 609. The molecule has 2 rings (SSSR count). The van der Waals surface area contributed by atoms with E-state index in [1.807, 2.05) is 0 Å². The summed E-state index contributed by atoms with van der Waals surface area (Å²) >= 11 is 5.77. The quantitative estimate of drug-likeness (QED) is 0.872. The second-order valence-corrected chi connectivity index (χ2v) is 7.28. The first kappa shape index (κ1) is 15.3. The lowest BCUT2D eigenvalue weighted by atomic mass is 9.87. The van der Waals surface area contributed by atoms with Crippen molar-refractivity contribution in [3.05, 3.63) is 29.3 Å². The Morgan fingerprint density at radius 3 is 2.55 bits per heavy atom. The summed E-state index contributed by atoms with van der Waals surface area (Å²) in [4.78, 5) is 11.4. The minimum absolute atomic E-state index is 0.0449. The number of hydrogen-bond acceptors (Lipinski definition) is 3. The summed E-state index contributed by atoms with van der Waals surface area (Å²) in [5, 5.41) is 9.64. The van der Waals surface area contributed by atoms with E-state index in [9.17, 15) is 18.3 Å². The summed E-state index contributed by atoms with van der Waals surface area (Å²) in [6.07, 6.45) is 2.62. The number of aliphatic carboxylic acids is 1. The van der Waals surface area contributed by atoms with Crippen LogP contribution in [0.25, 0.3) is 0 Å². The van der Waals surface area contributed by atoms with Crippen molar-refractivity contribution >= 4 is 27.6 Å². The van der Waals surface area contributed by atoms with E-state index in [1.165, 1.54) is 12.1 Å². The Balaban J connectivity index is 2.15. The molecular weight excluding hydrogens is 302 g/mol. The topological polar surface area (TPSA) is 83.5 Å². The number of hydrogen-bond donors (Lipinski definition) is 2. The molecule has 110 valence electrons. The minimum atomic E-state index is -3.74. The molecule has 7 heteroatoms. The molecule has 0 saturated heterocycles. The monoisotopic (exact) mass is 317 g/mol. The average molecular weight is 318 g/mol. The number of carboxylic acids is 1. The smallest absolute Gasteiger partial charge is 0.310 e. The average Bonchev–Trinajstić information content (AvgIpc) is 2.87. The molecule has 0 spiro atoms. The van der Waals surface area contributed by atoms with Crippen LogP contribution in [0.2, 0.25) is 5.02 Å². The maximum Gasteiger partial charge on any atom is 0.310 e. The normalized spacial score (nSPS) is 18.1. The Morgan fingerprint density at radius 1 is 1.35 bits per heavy atom. The van der Waals surface area contributed by atoms with E-state index in [0.717, 1.165) is 12.8 Å². The van der Waals surface area contributed by atoms with Crippen molar-refractivity contribution in [3.63, 3.8) is 0 Å². The zero-order chi connectivity index (χ0) is 14.8. The van der Waals surface area contributed by atoms with Gasteiger partial charge >= 0.3 is 5.97 Å². The van der Waals surface area contributed by atoms with Crippen LogP contribution in [0.1, 0.15) is 25.7 Å². The predicted octanol–water partition coefficient (Wildman–Crippen LogP) is 2.26. The number of carbonyl (C=O) groups is 1. The van der Waals surface area contributed by atoms with Crippen LogP contribution in [-0.4, -0.2) is 26.0 Å². The highest BCUT2D eigenvalue weighted by Gasteiger charge is 2.42. The highest BCUT2D eigenvalue weighted by molar-refractivity contribution is 7.89. The van der Waals surface area contributed by atoms with Gasteiger partial charge in [0.15, 0.2) is 0 Å². The molecule has 5 nitrogen and oxygen atoms in total. The Morgan fingerprint density at radius 2 is 2.00 bits per heavy atom. The lowest BCUT2D eigenvalue weighted by Gasteiger charge is -2.23. The summed E-state index contributed by atoms with van der Waals surface area (Å²) in [5.74, 6) is -0.941. The standard InChI is InChI=1S/C13H16ClNO4S/c14-10-4-3-5-11(8-10)20(18,19)15-9-13(12(16)17)6-1-2-7-13/h3-5,8,15H,1-2,6-7,9H2,(H,16,17). The van der Waals surface area contributed by atoms with E-state index in [4.69, 9.17) is 11.6 Å². The first-order valence-electron chi connectivity index (χ1n) is 6.34. The van der Waals surface area contributed by atoms with Gasteiger partial charge in [0, 0.05) is 11.6 Å². The fourth-order valence-electron chi connectivity index (χ4n) is 2.47. The van der Waals surface area contributed by atoms with Gasteiger partial charge in [-0.2, -0.15) is 0 Å². The van der Waals surface area contributed by atoms with E-state index >= 15 is 0 Å². The van der Waals surface area contributed by atoms with Gasteiger partial charge in [-0.05, 0) is 31.0 Å². The van der Waals surface area contributed by atoms with E-state index in [1.54, 1.807) is 12.1 Å². The highest BCUT2D eigenvalue weighted by Crippen LogP contribution is 2.38. The van der Waals surface area contributed by atoms with E-state index in [2.05, 4.69) is 4.72 Å². The third-order valence-corrected chi connectivity index (χ3v) is 5.36. The number of carboxylic acid groups (broad SMARTS) is 1. The van der Waals surface area contributed by atoms with Crippen LogP contribution in [0.15, 0.2) is 29.2 Å². The molecule has 1 aliphatic carbocycles. The number of sulfonamides is 1. The molecule has 0 bridgehead atoms. The summed E-state index contributed by atoms with van der Waals surface area (Å²) < 4.78 is 26.7. The third-order valence-electron chi connectivity index (χ3n) is 3.72. The number of halogens is 1. The van der Waals surface area contributed by atoms with Gasteiger partial charge in [0.1, 0.15) is 0 Å². The van der Waals surface area contributed by atoms with Crippen LogP contribution >= 0.6 is 11.6 Å². The molecule has 0 heterocycles. The molecule has 1 aromatic carbocycles. The second kappa shape index (κ2) is 5.71. The van der Waals surface area contributed by atoms with Crippen LogP contribution in [0.5, 0.6) is 0 Å². The maximum atomic E-state index is 12.1. The van der Waals surface area contributed by atoms with Gasteiger partial charge in [-0.15, -0.1) is 0 Å². The minimum Gasteiger partial charge on any atom is -0.481 e. The van der Waals surface area contributed by atoms with Crippen LogP contribution in [-0.2, 0) is 14.8 Å². The molecule has 0 amide bonds. The molecule has 0 atom stereocenters. The van der Waals surface area contributed by atoms with Crippen molar-refractivity contribution in [1.82, 2.24) is 4.72 Å². The van der Waals surface area contributed by atoms with Gasteiger partial charge in [0.2, 0.25) is 10.0 Å². The van der Waals surface area contributed by atoms with Crippen molar-refractivity contribution in [3.8, 4) is 0 Å². The van der Waals surface area contributed by atoms with Crippen LogP contribution in [0.4, 0.5) is 0 Å². The van der Waals surface area contributed by atoms with Crippen LogP contribution in [0, 0.1) is 5.41 Å². The van der Waals surface area contributed by atoms with Gasteiger partial charge in [-0.1, -0.05) is 30.5 Å². The molecule has 2 N–H and O–H groups in total. The number of benzene rings is 1. The molecule has 0 radical (unpaired) electrons. The van der Waals surface area contributed by atoms with Crippen molar-refractivity contribution in [2.75, 3.05) is 6.54 Å². The van der Waals surface area contributed by atoms with Crippen molar-refractivity contribution in [1.29, 1.82) is 0 Å². The van der Waals surface area contributed by atoms with Crippen molar-refractivity contribution < 1.29 is 18.3 Å². The second-order valence-electron chi connectivity index (χ2n) is 5.07. The first-order chi connectivity index (χ1) is 9.36. The van der Waals surface area contributed by atoms with Gasteiger partial charge in [-0.3, -0.25) is 4.79 Å². The summed E-state index contributed by atoms with van der Waals surface area (Å²) in [7, 11) is -3.74. The first-order valence-corrected chi connectivity index (χ1v) is 8.21.